The molecule has 0 unspecified atom stereocenters. The zero-order valence-electron chi connectivity index (χ0n) is 9.87. The predicted octanol–water partition coefficient (Wildman–Crippen LogP) is 3.63. The number of hydrogen-bond donors (Lipinski definition) is 0. The number of rotatable bonds is 8. The fourth-order valence-electron chi connectivity index (χ4n) is 1.19. The van der Waals surface area contributed by atoms with Gasteiger partial charge in [0.25, 0.3) is 0 Å². The summed E-state index contributed by atoms with van der Waals surface area (Å²) >= 11 is 0. The first-order valence-corrected chi connectivity index (χ1v) is 5.81. The third-order valence-corrected chi connectivity index (χ3v) is 1.99. The quantitative estimate of drug-likeness (QED) is 0.265. The normalized spacial score (nSPS) is 11.3. The molecule has 0 aliphatic heterocycles. The van der Waals surface area contributed by atoms with Gasteiger partial charge in [-0.3, -0.25) is 0 Å². The van der Waals surface area contributed by atoms with E-state index in [0.717, 1.165) is 6.42 Å². The smallest absolute Gasteiger partial charge is 0.330 e. The molecule has 0 fully saturated rings. The molecule has 86 valence electrons. The van der Waals surface area contributed by atoms with Crippen LogP contribution in [0.5, 0.6) is 0 Å². The van der Waals surface area contributed by atoms with E-state index in [9.17, 15) is 4.79 Å². The van der Waals surface area contributed by atoms with E-state index in [1.54, 1.807) is 13.0 Å². The molecule has 0 bridgehead atoms. The van der Waals surface area contributed by atoms with Crippen LogP contribution in [0, 0.1) is 0 Å². The summed E-state index contributed by atoms with van der Waals surface area (Å²) in [5, 5.41) is 0. The van der Waals surface area contributed by atoms with E-state index in [-0.39, 0.29) is 5.97 Å². The lowest BCUT2D eigenvalue weighted by molar-refractivity contribution is -0.137. The van der Waals surface area contributed by atoms with Gasteiger partial charge in [-0.15, -0.1) is 0 Å². The molecular weight excluding hydrogens is 188 g/mol. The molecule has 0 aromatic carbocycles. The maximum atomic E-state index is 10.9. The molecule has 0 aliphatic carbocycles. The van der Waals surface area contributed by atoms with Crippen molar-refractivity contribution in [2.45, 2.75) is 46.0 Å². The molecule has 0 N–H and O–H groups in total. The molecule has 0 amide bonds. The van der Waals surface area contributed by atoms with Crippen molar-refractivity contribution in [3.05, 3.63) is 24.3 Å². The van der Waals surface area contributed by atoms with Crippen LogP contribution < -0.4 is 0 Å². The zero-order valence-corrected chi connectivity index (χ0v) is 9.87. The lowest BCUT2D eigenvalue weighted by atomic mass is 10.1. The van der Waals surface area contributed by atoms with Crippen LogP contribution in [0.1, 0.15) is 46.0 Å². The van der Waals surface area contributed by atoms with E-state index >= 15 is 0 Å². The summed E-state index contributed by atoms with van der Waals surface area (Å²) in [5.41, 5.74) is 0. The van der Waals surface area contributed by atoms with Gasteiger partial charge in [0.05, 0.1) is 6.61 Å². The number of ether oxygens (including phenoxy) is 1. The van der Waals surface area contributed by atoms with Gasteiger partial charge in [0.2, 0.25) is 0 Å². The van der Waals surface area contributed by atoms with Crippen molar-refractivity contribution < 1.29 is 9.53 Å². The Morgan fingerprint density at radius 1 is 1.13 bits per heavy atom. The molecule has 2 heteroatoms. The summed E-state index contributed by atoms with van der Waals surface area (Å²) in [6.45, 7) is 4.44. The van der Waals surface area contributed by atoms with Gasteiger partial charge in [-0.2, -0.15) is 0 Å². The minimum Gasteiger partial charge on any atom is -0.463 e. The molecule has 0 aliphatic rings. The van der Waals surface area contributed by atoms with Crippen LogP contribution in [0.2, 0.25) is 0 Å². The van der Waals surface area contributed by atoms with Crippen molar-refractivity contribution in [3.63, 3.8) is 0 Å². The Balaban J connectivity index is 3.40. The topological polar surface area (TPSA) is 26.3 Å². The van der Waals surface area contributed by atoms with Gasteiger partial charge >= 0.3 is 5.97 Å². The molecule has 0 aromatic rings. The summed E-state index contributed by atoms with van der Waals surface area (Å²) in [6.07, 6.45) is 13.4. The number of hydrogen-bond acceptors (Lipinski definition) is 2. The van der Waals surface area contributed by atoms with E-state index in [1.165, 1.54) is 31.8 Å². The average Bonchev–Trinajstić information content (AvgIpc) is 2.22. The van der Waals surface area contributed by atoms with Gasteiger partial charge < -0.3 is 4.74 Å². The summed E-state index contributed by atoms with van der Waals surface area (Å²) in [5.74, 6) is -0.270. The third kappa shape index (κ3) is 10.9. The Morgan fingerprint density at radius 3 is 2.60 bits per heavy atom. The molecule has 0 rings (SSSR count). The van der Waals surface area contributed by atoms with Gasteiger partial charge in [0.15, 0.2) is 0 Å². The summed E-state index contributed by atoms with van der Waals surface area (Å²) in [4.78, 5) is 10.9. The third-order valence-electron chi connectivity index (χ3n) is 1.99. The second-order valence-corrected chi connectivity index (χ2v) is 3.39. The van der Waals surface area contributed by atoms with Crippen LogP contribution in [0.3, 0.4) is 0 Å². The zero-order chi connectivity index (χ0) is 11.4. The van der Waals surface area contributed by atoms with Gasteiger partial charge in [-0.25, -0.2) is 4.79 Å². The monoisotopic (exact) mass is 210 g/mol. The highest BCUT2D eigenvalue weighted by Gasteiger charge is 1.89. The van der Waals surface area contributed by atoms with E-state index < -0.39 is 0 Å². The minimum atomic E-state index is -0.270. The fourth-order valence-corrected chi connectivity index (χ4v) is 1.19. The van der Waals surface area contributed by atoms with Crippen molar-refractivity contribution >= 4 is 5.97 Å². The van der Waals surface area contributed by atoms with Gasteiger partial charge in [0, 0.05) is 6.08 Å². The van der Waals surface area contributed by atoms with Crippen LogP contribution in [-0.2, 0) is 9.53 Å². The Kier molecular flexibility index (Phi) is 10.3. The van der Waals surface area contributed by atoms with Crippen LogP contribution in [0.15, 0.2) is 24.3 Å². The van der Waals surface area contributed by atoms with Crippen LogP contribution in [-0.4, -0.2) is 12.6 Å². The summed E-state index contributed by atoms with van der Waals surface area (Å²) < 4.78 is 4.74. The fraction of sp³-hybridized carbons (Fsp3) is 0.615. The number of allylic oxidation sites excluding steroid dienone is 3. The van der Waals surface area contributed by atoms with Crippen molar-refractivity contribution in [2.24, 2.45) is 0 Å². The molecule has 0 atom stereocenters. The SMILES string of the molecule is CCCCCC/C=C/C=C\C(=O)OCC. The van der Waals surface area contributed by atoms with Gasteiger partial charge in [-0.1, -0.05) is 44.4 Å². The molecular formula is C13H22O2. The van der Waals surface area contributed by atoms with E-state index in [4.69, 9.17) is 4.74 Å². The second-order valence-electron chi connectivity index (χ2n) is 3.39. The molecule has 0 heterocycles. The first-order chi connectivity index (χ1) is 7.31. The van der Waals surface area contributed by atoms with E-state index in [2.05, 4.69) is 13.0 Å². The maximum Gasteiger partial charge on any atom is 0.330 e. The number of esters is 1. The Hall–Kier alpha value is -1.05. The highest BCUT2D eigenvalue weighted by molar-refractivity contribution is 5.82. The lowest BCUT2D eigenvalue weighted by Crippen LogP contribution is -1.98. The first-order valence-electron chi connectivity index (χ1n) is 5.81. The van der Waals surface area contributed by atoms with Crippen LogP contribution in [0.4, 0.5) is 0 Å². The Bertz CT molecular complexity index is 205. The predicted molar refractivity (Wildman–Crippen MR) is 63.7 cm³/mol. The average molecular weight is 210 g/mol. The van der Waals surface area contributed by atoms with Crippen molar-refractivity contribution in [2.75, 3.05) is 6.61 Å². The lowest BCUT2D eigenvalue weighted by Gasteiger charge is -1.93. The molecule has 2 nitrogen and oxygen atoms in total. The first kappa shape index (κ1) is 13.9. The van der Waals surface area contributed by atoms with E-state index in [0.29, 0.717) is 6.61 Å². The molecule has 0 spiro atoms. The number of unbranched alkanes of at least 4 members (excludes halogenated alkanes) is 4. The van der Waals surface area contributed by atoms with Crippen molar-refractivity contribution in [1.82, 2.24) is 0 Å². The highest BCUT2D eigenvalue weighted by Crippen LogP contribution is 2.02. The van der Waals surface area contributed by atoms with Crippen molar-refractivity contribution in [3.8, 4) is 0 Å². The molecule has 0 aromatic heterocycles. The highest BCUT2D eigenvalue weighted by atomic mass is 16.5. The van der Waals surface area contributed by atoms with E-state index in [1.807, 2.05) is 6.08 Å². The molecule has 0 radical (unpaired) electrons. The molecule has 0 saturated carbocycles. The maximum absolute atomic E-state index is 10.9. The summed E-state index contributed by atoms with van der Waals surface area (Å²) in [7, 11) is 0. The number of carbonyl (C=O) groups is 1. The van der Waals surface area contributed by atoms with Gasteiger partial charge in [0.1, 0.15) is 0 Å². The standard InChI is InChI=1S/C13H22O2/c1-3-5-6-7-8-9-10-11-12-13(14)15-4-2/h9-12H,3-8H2,1-2H3/b10-9+,12-11-. The Labute approximate surface area is 93.0 Å². The molecule has 15 heavy (non-hydrogen) atoms. The Morgan fingerprint density at radius 2 is 1.93 bits per heavy atom. The number of carbonyl (C=O) groups excluding carboxylic acids is 1. The van der Waals surface area contributed by atoms with Crippen LogP contribution in [0.25, 0.3) is 0 Å². The molecule has 0 saturated heterocycles. The largest absolute Gasteiger partial charge is 0.463 e. The van der Waals surface area contributed by atoms with Crippen molar-refractivity contribution in [1.29, 1.82) is 0 Å². The second kappa shape index (κ2) is 11.0. The minimum absolute atomic E-state index is 0.270. The van der Waals surface area contributed by atoms with Crippen LogP contribution >= 0.6 is 0 Å². The summed E-state index contributed by atoms with van der Waals surface area (Å²) in [6, 6.07) is 0. The van der Waals surface area contributed by atoms with Gasteiger partial charge in [-0.05, 0) is 19.8 Å².